The van der Waals surface area contributed by atoms with Crippen LogP contribution in [0.5, 0.6) is 5.75 Å². The van der Waals surface area contributed by atoms with E-state index in [1.165, 1.54) is 24.5 Å². The molecule has 1 aromatic heterocycles. The number of hydrogen-bond acceptors (Lipinski definition) is 1. The van der Waals surface area contributed by atoms with Crippen molar-refractivity contribution in [2.24, 2.45) is 0 Å². The van der Waals surface area contributed by atoms with E-state index in [0.717, 1.165) is 0 Å². The van der Waals surface area contributed by atoms with E-state index in [-0.39, 0.29) is 5.75 Å². The van der Waals surface area contributed by atoms with Gasteiger partial charge in [0.1, 0.15) is 0 Å². The molecule has 0 fully saturated rings. The van der Waals surface area contributed by atoms with E-state index in [0.29, 0.717) is 0 Å². The molecule has 0 atom stereocenters. The van der Waals surface area contributed by atoms with Crippen LogP contribution in [0.3, 0.4) is 0 Å². The lowest BCUT2D eigenvalue weighted by atomic mass is 10.5. The Morgan fingerprint density at radius 2 is 1.67 bits per heavy atom. The van der Waals surface area contributed by atoms with Crippen molar-refractivity contribution in [3.8, 4) is 5.75 Å². The second-order valence-electron chi connectivity index (χ2n) is 1.18. The molecular weight excluding hydrogens is 114 g/mol. The molecule has 0 saturated carbocycles. The van der Waals surface area contributed by atoms with Gasteiger partial charge in [0.15, 0.2) is 5.75 Å². The van der Waals surface area contributed by atoms with Gasteiger partial charge < -0.3 is 0 Å². The van der Waals surface area contributed by atoms with Gasteiger partial charge in [0, 0.05) is 24.5 Å². The molecule has 0 bridgehead atoms. The molecule has 0 spiro atoms. The van der Waals surface area contributed by atoms with Crippen molar-refractivity contribution in [1.82, 2.24) is 4.98 Å². The number of rotatable bonds is 0. The number of aromatic nitrogens is 1. The van der Waals surface area contributed by atoms with E-state index in [1.807, 2.05) is 13.8 Å². The number of nitrogens with zero attached hydrogens (tertiary/aromatic N) is 1. The fraction of sp³-hybridized carbons (Fsp3) is 0.286. The van der Waals surface area contributed by atoms with Gasteiger partial charge in [-0.2, -0.15) is 0 Å². The molecule has 0 aromatic carbocycles. The van der Waals surface area contributed by atoms with Crippen LogP contribution >= 0.6 is 0 Å². The Morgan fingerprint density at radius 1 is 1.22 bits per heavy atom. The van der Waals surface area contributed by atoms with Crippen LogP contribution in [0.15, 0.2) is 24.5 Å². The Kier molecular flexibility index (Phi) is 4.50. The molecule has 1 aromatic rings. The Labute approximate surface area is 55.2 Å². The summed E-state index contributed by atoms with van der Waals surface area (Å²) in [6.45, 7) is 4.00. The number of pyridine rings is 1. The molecule has 1 radical (unpaired) electrons. The summed E-state index contributed by atoms with van der Waals surface area (Å²) in [6, 6.07) is 2.83. The predicted molar refractivity (Wildman–Crippen MR) is 35.7 cm³/mol. The van der Waals surface area contributed by atoms with Crippen molar-refractivity contribution in [3.05, 3.63) is 24.5 Å². The molecule has 0 saturated heterocycles. The zero-order chi connectivity index (χ0) is 7.11. The molecule has 0 amide bonds. The molecule has 0 unspecified atom stereocenters. The normalized spacial score (nSPS) is 7.33. The van der Waals surface area contributed by atoms with Crippen LogP contribution < -0.4 is 0 Å². The SMILES string of the molecule is CC.[O]c1ccncc1. The van der Waals surface area contributed by atoms with Crippen LogP contribution in [0.25, 0.3) is 0 Å². The minimum absolute atomic E-state index is 0.00926. The molecule has 0 aliphatic carbocycles. The smallest absolute Gasteiger partial charge is 0.181 e. The van der Waals surface area contributed by atoms with Gasteiger partial charge in [-0.3, -0.25) is 10.1 Å². The van der Waals surface area contributed by atoms with Crippen molar-refractivity contribution >= 4 is 0 Å². The van der Waals surface area contributed by atoms with Gasteiger partial charge in [0.25, 0.3) is 0 Å². The largest absolute Gasteiger partial charge is 0.290 e. The highest BCUT2D eigenvalue weighted by Gasteiger charge is 1.79. The van der Waals surface area contributed by atoms with Gasteiger partial charge in [-0.1, -0.05) is 13.8 Å². The van der Waals surface area contributed by atoms with Crippen LogP contribution in [0.1, 0.15) is 13.8 Å². The van der Waals surface area contributed by atoms with E-state index in [9.17, 15) is 5.11 Å². The molecule has 2 nitrogen and oxygen atoms in total. The maximum atomic E-state index is 10.2. The molecular formula is C7H10NO. The zero-order valence-corrected chi connectivity index (χ0v) is 5.66. The fourth-order valence-electron chi connectivity index (χ4n) is 0.338. The second kappa shape index (κ2) is 5.09. The summed E-state index contributed by atoms with van der Waals surface area (Å²) in [5.74, 6) is 0.00926. The summed E-state index contributed by atoms with van der Waals surface area (Å²) in [5, 5.41) is 10.2. The third-order valence-corrected chi connectivity index (χ3v) is 0.650. The van der Waals surface area contributed by atoms with E-state index in [2.05, 4.69) is 4.98 Å². The topological polar surface area (TPSA) is 32.8 Å². The van der Waals surface area contributed by atoms with Crippen LogP contribution in [-0.2, 0) is 5.11 Å². The fourth-order valence-corrected chi connectivity index (χ4v) is 0.338. The van der Waals surface area contributed by atoms with E-state index >= 15 is 0 Å². The summed E-state index contributed by atoms with van der Waals surface area (Å²) >= 11 is 0. The highest BCUT2D eigenvalue weighted by molar-refractivity contribution is 5.13. The van der Waals surface area contributed by atoms with Crippen LogP contribution in [-0.4, -0.2) is 4.98 Å². The van der Waals surface area contributed by atoms with Gasteiger partial charge in [-0.15, -0.1) is 0 Å². The highest BCUT2D eigenvalue weighted by atomic mass is 16.3. The van der Waals surface area contributed by atoms with Crippen LogP contribution in [0.4, 0.5) is 0 Å². The minimum atomic E-state index is 0.00926. The molecule has 0 N–H and O–H groups in total. The predicted octanol–water partition coefficient (Wildman–Crippen LogP) is 2.25. The first-order valence-electron chi connectivity index (χ1n) is 2.96. The van der Waals surface area contributed by atoms with Crippen LogP contribution in [0.2, 0.25) is 0 Å². The highest BCUT2D eigenvalue weighted by Crippen LogP contribution is 2.02. The monoisotopic (exact) mass is 124 g/mol. The van der Waals surface area contributed by atoms with E-state index < -0.39 is 0 Å². The molecule has 9 heavy (non-hydrogen) atoms. The third-order valence-electron chi connectivity index (χ3n) is 0.650. The Bertz CT molecular complexity index is 139. The van der Waals surface area contributed by atoms with Crippen molar-refractivity contribution in [2.45, 2.75) is 13.8 Å². The molecule has 49 valence electrons. The standard InChI is InChI=1S/C5H4NO.C2H6/c7-5-1-3-6-4-2-5;1-2/h1-4H;1-2H3. The molecule has 0 aliphatic rings. The van der Waals surface area contributed by atoms with Crippen molar-refractivity contribution in [1.29, 1.82) is 0 Å². The maximum absolute atomic E-state index is 10.2. The summed E-state index contributed by atoms with van der Waals surface area (Å²) in [6.07, 6.45) is 2.95. The van der Waals surface area contributed by atoms with Crippen molar-refractivity contribution in [2.75, 3.05) is 0 Å². The van der Waals surface area contributed by atoms with Gasteiger partial charge >= 0.3 is 0 Å². The first kappa shape index (κ1) is 7.95. The van der Waals surface area contributed by atoms with Gasteiger partial charge in [-0.25, -0.2) is 0 Å². The van der Waals surface area contributed by atoms with Crippen LogP contribution in [0, 0.1) is 0 Å². The maximum Gasteiger partial charge on any atom is 0.181 e. The first-order valence-corrected chi connectivity index (χ1v) is 2.96. The summed E-state index contributed by atoms with van der Waals surface area (Å²) in [4.78, 5) is 3.65. The lowest BCUT2D eigenvalue weighted by Gasteiger charge is -1.77. The van der Waals surface area contributed by atoms with Crippen molar-refractivity contribution < 1.29 is 5.11 Å². The van der Waals surface area contributed by atoms with E-state index in [4.69, 9.17) is 0 Å². The Morgan fingerprint density at radius 3 is 1.89 bits per heavy atom. The lowest BCUT2D eigenvalue weighted by molar-refractivity contribution is 0.354. The van der Waals surface area contributed by atoms with Gasteiger partial charge in [0.2, 0.25) is 0 Å². The molecule has 2 heteroatoms. The average molecular weight is 124 g/mol. The summed E-state index contributed by atoms with van der Waals surface area (Å²) in [7, 11) is 0. The average Bonchev–Trinajstić information content (AvgIpc) is 1.94. The molecule has 1 rings (SSSR count). The quantitative estimate of drug-likeness (QED) is 0.522. The summed E-state index contributed by atoms with van der Waals surface area (Å²) in [5.41, 5.74) is 0. The minimum Gasteiger partial charge on any atom is -0.290 e. The van der Waals surface area contributed by atoms with Crippen molar-refractivity contribution in [3.63, 3.8) is 0 Å². The molecule has 1 heterocycles. The number of hydrogen-bond donors (Lipinski definition) is 0. The zero-order valence-electron chi connectivity index (χ0n) is 5.66. The van der Waals surface area contributed by atoms with Gasteiger partial charge in [0.05, 0.1) is 0 Å². The first-order chi connectivity index (χ1) is 4.39. The van der Waals surface area contributed by atoms with E-state index in [1.54, 1.807) is 0 Å². The summed E-state index contributed by atoms with van der Waals surface area (Å²) < 4.78 is 0. The lowest BCUT2D eigenvalue weighted by Crippen LogP contribution is -1.62. The molecule has 0 aliphatic heterocycles. The second-order valence-corrected chi connectivity index (χ2v) is 1.18. The van der Waals surface area contributed by atoms with Gasteiger partial charge in [-0.05, 0) is 0 Å². The Hall–Kier alpha value is -1.05. The third kappa shape index (κ3) is 3.53. The Balaban J connectivity index is 0.000000291.